The third kappa shape index (κ3) is 3.73. The highest BCUT2D eigenvalue weighted by Gasteiger charge is 2.14. The van der Waals surface area contributed by atoms with Crippen LogP contribution in [0, 0.1) is 0 Å². The van der Waals surface area contributed by atoms with Crippen molar-refractivity contribution in [3.63, 3.8) is 0 Å². The number of rotatable bonds is 5. The van der Waals surface area contributed by atoms with Crippen LogP contribution in [0.15, 0.2) is 94.3 Å². The monoisotopic (exact) mass is 377 g/mol. The Balaban J connectivity index is 1.54. The first kappa shape index (κ1) is 17.0. The molecule has 0 aliphatic rings. The average Bonchev–Trinajstić information content (AvgIpc) is 3.20. The molecule has 4 rings (SSSR count). The molecule has 0 aliphatic heterocycles. The normalized spacial score (nSPS) is 11.3. The Morgan fingerprint density at radius 1 is 0.741 bits per heavy atom. The summed E-state index contributed by atoms with van der Waals surface area (Å²) >= 11 is 0. The quantitative estimate of drug-likeness (QED) is 0.563. The number of benzene rings is 3. The van der Waals surface area contributed by atoms with Crippen LogP contribution in [0.1, 0.15) is 0 Å². The summed E-state index contributed by atoms with van der Waals surface area (Å²) in [7, 11) is -3.62. The van der Waals surface area contributed by atoms with Crippen molar-refractivity contribution >= 4 is 15.7 Å². The molecule has 3 aromatic carbocycles. The van der Waals surface area contributed by atoms with Crippen molar-refractivity contribution in [3.8, 4) is 22.8 Å². The lowest BCUT2D eigenvalue weighted by Crippen LogP contribution is -2.12. The molecule has 27 heavy (non-hydrogen) atoms. The van der Waals surface area contributed by atoms with Crippen LogP contribution in [0.3, 0.4) is 0 Å². The SMILES string of the molecule is O=S(=O)(Nc1ccc(-c2nc(-c3ccccc3)no2)cc1)c1ccccc1. The molecule has 0 radical (unpaired) electrons. The van der Waals surface area contributed by atoms with Gasteiger partial charge in [0, 0.05) is 16.8 Å². The molecule has 1 aromatic heterocycles. The number of nitrogens with zero attached hydrogens (tertiary/aromatic N) is 2. The van der Waals surface area contributed by atoms with E-state index in [9.17, 15) is 8.42 Å². The second-order valence-electron chi connectivity index (χ2n) is 5.79. The van der Waals surface area contributed by atoms with Gasteiger partial charge >= 0.3 is 0 Å². The first-order chi connectivity index (χ1) is 13.1. The van der Waals surface area contributed by atoms with E-state index in [1.54, 1.807) is 54.6 Å². The Bertz CT molecular complexity index is 1140. The molecule has 0 bridgehead atoms. The highest BCUT2D eigenvalue weighted by Crippen LogP contribution is 2.24. The van der Waals surface area contributed by atoms with Gasteiger partial charge in [-0.2, -0.15) is 4.98 Å². The van der Waals surface area contributed by atoms with Crippen molar-refractivity contribution in [2.45, 2.75) is 4.90 Å². The van der Waals surface area contributed by atoms with Crippen LogP contribution in [0.2, 0.25) is 0 Å². The van der Waals surface area contributed by atoms with Gasteiger partial charge in [-0.1, -0.05) is 53.7 Å². The van der Waals surface area contributed by atoms with E-state index in [1.807, 2.05) is 30.3 Å². The Kier molecular flexibility index (Phi) is 4.43. The Morgan fingerprint density at radius 2 is 1.37 bits per heavy atom. The minimum Gasteiger partial charge on any atom is -0.334 e. The predicted octanol–water partition coefficient (Wildman–Crippen LogP) is 4.20. The maximum absolute atomic E-state index is 12.4. The van der Waals surface area contributed by atoms with Crippen LogP contribution in [0.5, 0.6) is 0 Å². The van der Waals surface area contributed by atoms with Gasteiger partial charge in [0.15, 0.2) is 0 Å². The summed E-state index contributed by atoms with van der Waals surface area (Å²) in [6.07, 6.45) is 0. The fourth-order valence-electron chi connectivity index (χ4n) is 2.54. The zero-order valence-electron chi connectivity index (χ0n) is 14.1. The van der Waals surface area contributed by atoms with Gasteiger partial charge in [0.25, 0.3) is 15.9 Å². The van der Waals surface area contributed by atoms with E-state index in [2.05, 4.69) is 14.9 Å². The van der Waals surface area contributed by atoms with Gasteiger partial charge in [-0.25, -0.2) is 8.42 Å². The van der Waals surface area contributed by atoms with E-state index in [-0.39, 0.29) is 4.90 Å². The first-order valence-electron chi connectivity index (χ1n) is 8.19. The Hall–Kier alpha value is -3.45. The Morgan fingerprint density at radius 3 is 2.04 bits per heavy atom. The van der Waals surface area contributed by atoms with E-state index >= 15 is 0 Å². The summed E-state index contributed by atoms with van der Waals surface area (Å²) in [5.41, 5.74) is 2.01. The molecule has 0 unspecified atom stereocenters. The number of anilines is 1. The topological polar surface area (TPSA) is 85.1 Å². The van der Waals surface area contributed by atoms with Crippen LogP contribution in [-0.2, 0) is 10.0 Å². The molecule has 0 saturated heterocycles. The number of hydrogen-bond donors (Lipinski definition) is 1. The largest absolute Gasteiger partial charge is 0.334 e. The summed E-state index contributed by atoms with van der Waals surface area (Å²) in [6.45, 7) is 0. The lowest BCUT2D eigenvalue weighted by atomic mass is 10.2. The lowest BCUT2D eigenvalue weighted by Gasteiger charge is -2.08. The number of aromatic nitrogens is 2. The average molecular weight is 377 g/mol. The number of nitrogens with one attached hydrogen (secondary N) is 1. The summed E-state index contributed by atoms with van der Waals surface area (Å²) in [5, 5.41) is 3.99. The van der Waals surface area contributed by atoms with Crippen molar-refractivity contribution in [2.75, 3.05) is 4.72 Å². The molecule has 7 heteroatoms. The van der Waals surface area contributed by atoms with Gasteiger partial charge in [0.05, 0.1) is 4.90 Å². The molecule has 1 heterocycles. The van der Waals surface area contributed by atoms with Gasteiger partial charge in [-0.05, 0) is 36.4 Å². The molecule has 0 atom stereocenters. The summed E-state index contributed by atoms with van der Waals surface area (Å²) in [5.74, 6) is 0.866. The molecule has 0 aliphatic carbocycles. The minimum absolute atomic E-state index is 0.207. The van der Waals surface area contributed by atoms with Gasteiger partial charge in [0.1, 0.15) is 0 Å². The summed E-state index contributed by atoms with van der Waals surface area (Å²) < 4.78 is 32.6. The third-order valence-corrected chi connectivity index (χ3v) is 5.29. The van der Waals surface area contributed by atoms with Crippen molar-refractivity contribution in [1.29, 1.82) is 0 Å². The van der Waals surface area contributed by atoms with Crippen molar-refractivity contribution in [3.05, 3.63) is 84.9 Å². The second-order valence-corrected chi connectivity index (χ2v) is 7.47. The molecular weight excluding hydrogens is 362 g/mol. The maximum atomic E-state index is 12.4. The van der Waals surface area contributed by atoms with Crippen LogP contribution in [-0.4, -0.2) is 18.6 Å². The lowest BCUT2D eigenvalue weighted by molar-refractivity contribution is 0.432. The number of sulfonamides is 1. The highest BCUT2D eigenvalue weighted by molar-refractivity contribution is 7.92. The molecule has 0 saturated carbocycles. The highest BCUT2D eigenvalue weighted by atomic mass is 32.2. The fraction of sp³-hybridized carbons (Fsp3) is 0. The van der Waals surface area contributed by atoms with Crippen molar-refractivity contribution in [1.82, 2.24) is 10.1 Å². The standard InChI is InChI=1S/C20H15N3O3S/c24-27(25,18-9-5-2-6-10-18)23-17-13-11-16(12-14-17)20-21-19(22-26-20)15-7-3-1-4-8-15/h1-14,23H. The second kappa shape index (κ2) is 7.05. The molecule has 0 spiro atoms. The third-order valence-electron chi connectivity index (χ3n) is 3.90. The van der Waals surface area contributed by atoms with Gasteiger partial charge in [0.2, 0.25) is 5.82 Å². The number of hydrogen-bond acceptors (Lipinski definition) is 5. The van der Waals surface area contributed by atoms with Crippen molar-refractivity contribution < 1.29 is 12.9 Å². The van der Waals surface area contributed by atoms with Gasteiger partial charge < -0.3 is 4.52 Å². The van der Waals surface area contributed by atoms with Crippen LogP contribution < -0.4 is 4.72 Å². The minimum atomic E-state index is -3.62. The summed E-state index contributed by atoms with van der Waals surface area (Å²) in [6, 6.07) is 24.5. The molecule has 1 N–H and O–H groups in total. The van der Waals surface area contributed by atoms with Crippen LogP contribution in [0.25, 0.3) is 22.8 Å². The van der Waals surface area contributed by atoms with Gasteiger partial charge in [-0.3, -0.25) is 4.72 Å². The zero-order chi connectivity index (χ0) is 18.7. The van der Waals surface area contributed by atoms with Crippen molar-refractivity contribution in [2.24, 2.45) is 0 Å². The van der Waals surface area contributed by atoms with Crippen LogP contribution in [0.4, 0.5) is 5.69 Å². The zero-order valence-corrected chi connectivity index (χ0v) is 14.9. The van der Waals surface area contributed by atoms with E-state index in [1.165, 1.54) is 0 Å². The van der Waals surface area contributed by atoms with E-state index in [0.717, 1.165) is 5.56 Å². The molecular formula is C20H15N3O3S. The maximum Gasteiger partial charge on any atom is 0.261 e. The fourth-order valence-corrected chi connectivity index (χ4v) is 3.62. The summed E-state index contributed by atoms with van der Waals surface area (Å²) in [4.78, 5) is 4.59. The molecule has 134 valence electrons. The van der Waals surface area contributed by atoms with E-state index < -0.39 is 10.0 Å². The van der Waals surface area contributed by atoms with E-state index in [4.69, 9.17) is 4.52 Å². The Labute approximate surface area is 156 Å². The molecule has 0 fully saturated rings. The van der Waals surface area contributed by atoms with Crippen LogP contribution >= 0.6 is 0 Å². The van der Waals surface area contributed by atoms with Gasteiger partial charge in [-0.15, -0.1) is 0 Å². The predicted molar refractivity (Wildman–Crippen MR) is 102 cm³/mol. The molecule has 4 aromatic rings. The molecule has 0 amide bonds. The smallest absolute Gasteiger partial charge is 0.261 e. The molecule has 6 nitrogen and oxygen atoms in total. The van der Waals surface area contributed by atoms with E-state index in [0.29, 0.717) is 23.0 Å². The first-order valence-corrected chi connectivity index (χ1v) is 9.67.